The van der Waals surface area contributed by atoms with Crippen LogP contribution in [-0.4, -0.2) is 19.2 Å². The van der Waals surface area contributed by atoms with Crippen LogP contribution in [0.25, 0.3) is 0 Å². The molecule has 0 bridgehead atoms. The van der Waals surface area contributed by atoms with Crippen LogP contribution in [0.15, 0.2) is 24.3 Å². The van der Waals surface area contributed by atoms with Gasteiger partial charge >= 0.3 is 0 Å². The number of nitrogens with one attached hydrogen (secondary N) is 1. The summed E-state index contributed by atoms with van der Waals surface area (Å²) >= 11 is 6.03. The number of rotatable bonds is 5. The molecule has 0 aliphatic heterocycles. The lowest BCUT2D eigenvalue weighted by Gasteiger charge is -2.27. The third-order valence-corrected chi connectivity index (χ3v) is 3.88. The van der Waals surface area contributed by atoms with Crippen molar-refractivity contribution in [2.24, 2.45) is 5.92 Å². The summed E-state index contributed by atoms with van der Waals surface area (Å²) in [5.74, 6) is 1.64. The molecule has 1 aliphatic rings. The highest BCUT2D eigenvalue weighted by molar-refractivity contribution is 6.32. The molecule has 0 heterocycles. The maximum atomic E-state index is 6.03. The van der Waals surface area contributed by atoms with Crippen LogP contribution in [-0.2, 0) is 0 Å². The predicted molar refractivity (Wildman–Crippen MR) is 76.4 cm³/mol. The van der Waals surface area contributed by atoms with E-state index < -0.39 is 0 Å². The Morgan fingerprint density at radius 3 is 2.94 bits per heavy atom. The highest BCUT2D eigenvalue weighted by Gasteiger charge is 2.17. The minimum Gasteiger partial charge on any atom is -0.491 e. The number of halogens is 1. The molecule has 0 amide bonds. The Kier molecular flexibility index (Phi) is 5.33. The average molecular weight is 268 g/mol. The second kappa shape index (κ2) is 7.01. The molecule has 2 rings (SSSR count). The normalized spacial score (nSPS) is 23.9. The summed E-state index contributed by atoms with van der Waals surface area (Å²) < 4.78 is 5.66. The van der Waals surface area contributed by atoms with Gasteiger partial charge in [-0.3, -0.25) is 0 Å². The van der Waals surface area contributed by atoms with Gasteiger partial charge in [-0.05, 0) is 30.9 Å². The molecule has 3 heteroatoms. The van der Waals surface area contributed by atoms with Crippen molar-refractivity contribution in [1.29, 1.82) is 0 Å². The highest BCUT2D eigenvalue weighted by Crippen LogP contribution is 2.24. The van der Waals surface area contributed by atoms with E-state index in [4.69, 9.17) is 16.3 Å². The van der Waals surface area contributed by atoms with Crippen molar-refractivity contribution >= 4 is 11.6 Å². The van der Waals surface area contributed by atoms with Gasteiger partial charge in [0.2, 0.25) is 0 Å². The monoisotopic (exact) mass is 267 g/mol. The second-order valence-electron chi connectivity index (χ2n) is 5.20. The molecule has 0 radical (unpaired) electrons. The Bertz CT molecular complexity index is 369. The van der Waals surface area contributed by atoms with Gasteiger partial charge in [-0.15, -0.1) is 0 Å². The lowest BCUT2D eigenvalue weighted by atomic mass is 9.87. The van der Waals surface area contributed by atoms with Crippen molar-refractivity contribution in [2.45, 2.75) is 38.6 Å². The van der Waals surface area contributed by atoms with E-state index in [2.05, 4.69) is 12.2 Å². The molecule has 100 valence electrons. The van der Waals surface area contributed by atoms with E-state index in [0.29, 0.717) is 17.7 Å². The molecular formula is C15H22ClNO. The highest BCUT2D eigenvalue weighted by atomic mass is 35.5. The molecule has 1 fully saturated rings. The van der Waals surface area contributed by atoms with Crippen LogP contribution in [0.1, 0.15) is 32.6 Å². The fraction of sp³-hybridized carbons (Fsp3) is 0.600. The number of hydrogen-bond acceptors (Lipinski definition) is 2. The molecule has 0 saturated heterocycles. The Balaban J connectivity index is 1.65. The fourth-order valence-corrected chi connectivity index (χ4v) is 2.80. The Morgan fingerprint density at radius 2 is 2.17 bits per heavy atom. The molecule has 2 unspecified atom stereocenters. The summed E-state index contributed by atoms with van der Waals surface area (Å²) in [4.78, 5) is 0. The molecule has 1 saturated carbocycles. The maximum Gasteiger partial charge on any atom is 0.137 e. The molecule has 0 aromatic heterocycles. The first-order valence-electron chi connectivity index (χ1n) is 6.86. The zero-order valence-corrected chi connectivity index (χ0v) is 11.7. The summed E-state index contributed by atoms with van der Waals surface area (Å²) in [6, 6.07) is 8.29. The van der Waals surface area contributed by atoms with Crippen molar-refractivity contribution in [2.75, 3.05) is 13.2 Å². The van der Waals surface area contributed by atoms with Gasteiger partial charge in [0.05, 0.1) is 5.02 Å². The first-order chi connectivity index (χ1) is 8.75. The summed E-state index contributed by atoms with van der Waals surface area (Å²) in [5.41, 5.74) is 0. The molecule has 2 nitrogen and oxygen atoms in total. The Morgan fingerprint density at radius 1 is 1.33 bits per heavy atom. The van der Waals surface area contributed by atoms with E-state index in [1.807, 2.05) is 24.3 Å². The number of hydrogen-bond donors (Lipinski definition) is 1. The van der Waals surface area contributed by atoms with Gasteiger partial charge in [0.15, 0.2) is 0 Å². The first kappa shape index (κ1) is 13.7. The molecule has 1 aromatic rings. The van der Waals surface area contributed by atoms with Crippen LogP contribution in [0, 0.1) is 5.92 Å². The molecule has 0 spiro atoms. The third-order valence-electron chi connectivity index (χ3n) is 3.57. The van der Waals surface area contributed by atoms with Gasteiger partial charge in [-0.2, -0.15) is 0 Å². The summed E-state index contributed by atoms with van der Waals surface area (Å²) in [5, 5.41) is 4.26. The number of benzene rings is 1. The van der Waals surface area contributed by atoms with Crippen LogP contribution >= 0.6 is 11.6 Å². The van der Waals surface area contributed by atoms with E-state index in [-0.39, 0.29) is 0 Å². The molecule has 2 atom stereocenters. The standard InChI is InChI=1S/C15H22ClNO/c1-12-5-4-6-13(11-12)17-9-10-18-15-8-3-2-7-14(15)16/h2-3,7-8,12-13,17H,4-6,9-11H2,1H3. The van der Waals surface area contributed by atoms with Crippen LogP contribution < -0.4 is 10.1 Å². The van der Waals surface area contributed by atoms with Gasteiger partial charge in [0, 0.05) is 12.6 Å². The van der Waals surface area contributed by atoms with Gasteiger partial charge in [0.25, 0.3) is 0 Å². The van der Waals surface area contributed by atoms with Crippen LogP contribution in [0.5, 0.6) is 5.75 Å². The molecule has 1 N–H and O–H groups in total. The van der Waals surface area contributed by atoms with E-state index in [9.17, 15) is 0 Å². The fourth-order valence-electron chi connectivity index (χ4n) is 2.61. The smallest absolute Gasteiger partial charge is 0.137 e. The largest absolute Gasteiger partial charge is 0.491 e. The Labute approximate surface area is 115 Å². The number of para-hydroxylation sites is 1. The first-order valence-corrected chi connectivity index (χ1v) is 7.24. The zero-order valence-electron chi connectivity index (χ0n) is 11.0. The molecule has 1 aliphatic carbocycles. The molecule has 18 heavy (non-hydrogen) atoms. The average Bonchev–Trinajstić information content (AvgIpc) is 2.37. The summed E-state index contributed by atoms with van der Waals surface area (Å²) in [6.45, 7) is 3.91. The van der Waals surface area contributed by atoms with Gasteiger partial charge < -0.3 is 10.1 Å². The van der Waals surface area contributed by atoms with Gasteiger partial charge in [0.1, 0.15) is 12.4 Å². The van der Waals surface area contributed by atoms with E-state index >= 15 is 0 Å². The quantitative estimate of drug-likeness (QED) is 0.818. The predicted octanol–water partition coefficient (Wildman–Crippen LogP) is 3.89. The summed E-state index contributed by atoms with van der Waals surface area (Å²) in [6.07, 6.45) is 5.33. The second-order valence-corrected chi connectivity index (χ2v) is 5.61. The molecule has 1 aromatic carbocycles. The van der Waals surface area contributed by atoms with E-state index in [1.54, 1.807) is 0 Å². The SMILES string of the molecule is CC1CCCC(NCCOc2ccccc2Cl)C1. The molecular weight excluding hydrogens is 246 g/mol. The lowest BCUT2D eigenvalue weighted by Crippen LogP contribution is -2.36. The van der Waals surface area contributed by atoms with Crippen molar-refractivity contribution in [3.63, 3.8) is 0 Å². The maximum absolute atomic E-state index is 6.03. The van der Waals surface area contributed by atoms with Crippen molar-refractivity contribution in [3.8, 4) is 5.75 Å². The number of ether oxygens (including phenoxy) is 1. The van der Waals surface area contributed by atoms with Gasteiger partial charge in [-0.25, -0.2) is 0 Å². The summed E-state index contributed by atoms with van der Waals surface area (Å²) in [7, 11) is 0. The topological polar surface area (TPSA) is 21.3 Å². The minimum atomic E-state index is 0.670. The van der Waals surface area contributed by atoms with E-state index in [1.165, 1.54) is 25.7 Å². The Hall–Kier alpha value is -0.730. The zero-order chi connectivity index (χ0) is 12.8. The van der Waals surface area contributed by atoms with Crippen LogP contribution in [0.4, 0.5) is 0 Å². The third kappa shape index (κ3) is 4.18. The lowest BCUT2D eigenvalue weighted by molar-refractivity contribution is 0.266. The van der Waals surface area contributed by atoms with Crippen molar-refractivity contribution < 1.29 is 4.74 Å². The van der Waals surface area contributed by atoms with Gasteiger partial charge in [-0.1, -0.05) is 43.5 Å². The van der Waals surface area contributed by atoms with Crippen molar-refractivity contribution in [3.05, 3.63) is 29.3 Å². The van der Waals surface area contributed by atoms with Crippen LogP contribution in [0.2, 0.25) is 5.02 Å². The van der Waals surface area contributed by atoms with Crippen molar-refractivity contribution in [1.82, 2.24) is 5.32 Å². The van der Waals surface area contributed by atoms with Crippen LogP contribution in [0.3, 0.4) is 0 Å². The van der Waals surface area contributed by atoms with E-state index in [0.717, 1.165) is 18.2 Å². The minimum absolute atomic E-state index is 0.670.